The van der Waals surface area contributed by atoms with Gasteiger partial charge < -0.3 is 9.88 Å². The van der Waals surface area contributed by atoms with E-state index in [2.05, 4.69) is 15.0 Å². The molecular weight excluding hydrogens is 326 g/mol. The molecule has 1 aromatic carbocycles. The fraction of sp³-hybridized carbons (Fsp3) is 0.278. The molecule has 5 nitrogen and oxygen atoms in total. The van der Waals surface area contributed by atoms with E-state index < -0.39 is 11.6 Å². The van der Waals surface area contributed by atoms with Crippen molar-refractivity contribution >= 4 is 16.9 Å². The van der Waals surface area contributed by atoms with Gasteiger partial charge in [0.2, 0.25) is 0 Å². The van der Waals surface area contributed by atoms with Crippen LogP contribution < -0.4 is 0 Å². The largest absolute Gasteiger partial charge is 0.333 e. The van der Waals surface area contributed by atoms with Crippen LogP contribution in [0, 0.1) is 18.6 Å². The SMILES string of the molecule is Cc1c(F)cc(F)c2nc(C(=O)N3CCc4ncccc4[C@H]3C)[nH]c12. The summed E-state index contributed by atoms with van der Waals surface area (Å²) < 4.78 is 27.7. The standard InChI is InChI=1S/C18H16F2N4O/c1-9-12(19)8-13(20)16-15(9)22-17(23-16)18(25)24-7-5-14-11(10(24)2)4-3-6-21-14/h3-4,6,8,10H,5,7H2,1-2H3,(H,22,23)/t10-/m1/s1. The second-order valence-corrected chi connectivity index (χ2v) is 6.24. The summed E-state index contributed by atoms with van der Waals surface area (Å²) in [7, 11) is 0. The van der Waals surface area contributed by atoms with Crippen LogP contribution in [-0.4, -0.2) is 32.3 Å². The number of carbonyl (C=O) groups excluding carboxylic acids is 1. The van der Waals surface area contributed by atoms with Crippen molar-refractivity contribution < 1.29 is 13.6 Å². The number of carbonyl (C=O) groups is 1. The first-order valence-electron chi connectivity index (χ1n) is 8.06. The van der Waals surface area contributed by atoms with Gasteiger partial charge in [0.05, 0.1) is 11.6 Å². The maximum absolute atomic E-state index is 14.0. The molecule has 4 rings (SSSR count). The van der Waals surface area contributed by atoms with E-state index in [1.54, 1.807) is 11.1 Å². The van der Waals surface area contributed by atoms with Gasteiger partial charge in [-0.3, -0.25) is 9.78 Å². The summed E-state index contributed by atoms with van der Waals surface area (Å²) in [5, 5.41) is 0. The van der Waals surface area contributed by atoms with Gasteiger partial charge in [-0.1, -0.05) is 6.07 Å². The first kappa shape index (κ1) is 15.7. The highest BCUT2D eigenvalue weighted by Crippen LogP contribution is 2.30. The molecular formula is C18H16F2N4O. The molecule has 25 heavy (non-hydrogen) atoms. The fourth-order valence-corrected chi connectivity index (χ4v) is 3.37. The van der Waals surface area contributed by atoms with E-state index in [1.165, 1.54) is 6.92 Å². The van der Waals surface area contributed by atoms with Gasteiger partial charge in [0.1, 0.15) is 11.3 Å². The Balaban J connectivity index is 1.74. The molecule has 1 aliphatic heterocycles. The number of pyridine rings is 1. The zero-order valence-corrected chi connectivity index (χ0v) is 13.8. The van der Waals surface area contributed by atoms with Crippen LogP contribution in [0.2, 0.25) is 0 Å². The average molecular weight is 342 g/mol. The fourth-order valence-electron chi connectivity index (χ4n) is 3.37. The molecule has 1 amide bonds. The number of benzene rings is 1. The number of aryl methyl sites for hydroxylation is 1. The quantitative estimate of drug-likeness (QED) is 0.738. The van der Waals surface area contributed by atoms with Gasteiger partial charge in [-0.15, -0.1) is 0 Å². The van der Waals surface area contributed by atoms with Crippen LogP contribution in [0.15, 0.2) is 24.4 Å². The third kappa shape index (κ3) is 2.38. The third-order valence-corrected chi connectivity index (χ3v) is 4.81. The van der Waals surface area contributed by atoms with E-state index in [9.17, 15) is 13.6 Å². The lowest BCUT2D eigenvalue weighted by Crippen LogP contribution is -2.39. The molecule has 1 atom stereocenters. The molecule has 3 aromatic rings. The Morgan fingerprint density at radius 1 is 1.36 bits per heavy atom. The van der Waals surface area contributed by atoms with E-state index in [4.69, 9.17) is 0 Å². The average Bonchev–Trinajstić information content (AvgIpc) is 3.06. The number of nitrogens with one attached hydrogen (secondary N) is 1. The van der Waals surface area contributed by atoms with E-state index in [-0.39, 0.29) is 34.4 Å². The molecule has 0 aliphatic carbocycles. The Morgan fingerprint density at radius 3 is 2.96 bits per heavy atom. The molecule has 0 saturated heterocycles. The summed E-state index contributed by atoms with van der Waals surface area (Å²) in [5.41, 5.74) is 2.41. The lowest BCUT2D eigenvalue weighted by Gasteiger charge is -2.34. The maximum atomic E-state index is 14.0. The van der Waals surface area contributed by atoms with Crippen LogP contribution in [0.5, 0.6) is 0 Å². The number of halogens is 2. The van der Waals surface area contributed by atoms with Gasteiger partial charge in [-0.25, -0.2) is 13.8 Å². The lowest BCUT2D eigenvalue weighted by atomic mass is 9.98. The number of imidazole rings is 1. The van der Waals surface area contributed by atoms with Crippen LogP contribution in [0.4, 0.5) is 8.78 Å². The van der Waals surface area contributed by atoms with Gasteiger partial charge >= 0.3 is 0 Å². The zero-order chi connectivity index (χ0) is 17.7. The number of hydrogen-bond donors (Lipinski definition) is 1. The number of fused-ring (bicyclic) bond motifs is 2. The van der Waals surface area contributed by atoms with E-state index in [0.29, 0.717) is 13.0 Å². The molecule has 2 aromatic heterocycles. The molecule has 0 unspecified atom stereocenters. The number of nitrogens with zero attached hydrogens (tertiary/aromatic N) is 3. The van der Waals surface area contributed by atoms with Gasteiger partial charge in [-0.05, 0) is 25.5 Å². The highest BCUT2D eigenvalue weighted by Gasteiger charge is 2.30. The smallest absolute Gasteiger partial charge is 0.290 e. The van der Waals surface area contributed by atoms with E-state index >= 15 is 0 Å². The van der Waals surface area contributed by atoms with Gasteiger partial charge in [0, 0.05) is 36.5 Å². The number of H-pyrrole nitrogens is 1. The number of hydrogen-bond acceptors (Lipinski definition) is 3. The minimum Gasteiger partial charge on any atom is -0.333 e. The molecule has 0 fully saturated rings. The molecule has 1 aliphatic rings. The van der Waals surface area contributed by atoms with Crippen molar-refractivity contribution in [2.24, 2.45) is 0 Å². The first-order valence-corrected chi connectivity index (χ1v) is 8.06. The molecule has 128 valence electrons. The number of amides is 1. The Morgan fingerprint density at radius 2 is 2.16 bits per heavy atom. The molecule has 1 N–H and O–H groups in total. The summed E-state index contributed by atoms with van der Waals surface area (Å²) in [6.45, 7) is 3.94. The van der Waals surface area contributed by atoms with E-state index in [1.807, 2.05) is 19.1 Å². The van der Waals surface area contributed by atoms with Gasteiger partial charge in [0.25, 0.3) is 5.91 Å². The van der Waals surface area contributed by atoms with Crippen LogP contribution >= 0.6 is 0 Å². The van der Waals surface area contributed by atoms with Crippen molar-refractivity contribution in [1.82, 2.24) is 19.9 Å². The Hall–Kier alpha value is -2.83. The molecule has 3 heterocycles. The number of aromatic amines is 1. The molecule has 0 spiro atoms. The Bertz CT molecular complexity index is 998. The van der Waals surface area contributed by atoms with Crippen LogP contribution in [0.25, 0.3) is 11.0 Å². The minimum absolute atomic E-state index is 0.0155. The predicted octanol–water partition coefficient (Wildman–Crippen LogP) is 3.30. The number of aromatic nitrogens is 3. The van der Waals surface area contributed by atoms with Crippen LogP contribution in [0.3, 0.4) is 0 Å². The monoisotopic (exact) mass is 342 g/mol. The van der Waals surface area contributed by atoms with Crippen LogP contribution in [0.1, 0.15) is 40.4 Å². The molecule has 0 bridgehead atoms. The highest BCUT2D eigenvalue weighted by atomic mass is 19.1. The van der Waals surface area contributed by atoms with Crippen molar-refractivity contribution in [2.75, 3.05) is 6.54 Å². The second kappa shape index (κ2) is 5.61. The third-order valence-electron chi connectivity index (χ3n) is 4.81. The van der Waals surface area contributed by atoms with Gasteiger partial charge in [0.15, 0.2) is 11.6 Å². The second-order valence-electron chi connectivity index (χ2n) is 6.24. The maximum Gasteiger partial charge on any atom is 0.290 e. The van der Waals surface area contributed by atoms with Gasteiger partial charge in [-0.2, -0.15) is 0 Å². The Kier molecular flexibility index (Phi) is 3.52. The molecule has 0 radical (unpaired) electrons. The van der Waals surface area contributed by atoms with Crippen LogP contribution in [-0.2, 0) is 6.42 Å². The van der Waals surface area contributed by atoms with Crippen molar-refractivity contribution in [3.63, 3.8) is 0 Å². The van der Waals surface area contributed by atoms with Crippen molar-refractivity contribution in [1.29, 1.82) is 0 Å². The Labute approximate surface area is 142 Å². The normalized spacial score (nSPS) is 17.0. The summed E-state index contributed by atoms with van der Waals surface area (Å²) in [6, 6.07) is 4.41. The van der Waals surface area contributed by atoms with Crippen molar-refractivity contribution in [3.05, 3.63) is 58.7 Å². The highest BCUT2D eigenvalue weighted by molar-refractivity contribution is 5.95. The first-order chi connectivity index (χ1) is 12.0. The van der Waals surface area contributed by atoms with E-state index in [0.717, 1.165) is 17.3 Å². The molecule has 0 saturated carbocycles. The summed E-state index contributed by atoms with van der Waals surface area (Å²) in [6.07, 6.45) is 2.39. The zero-order valence-electron chi connectivity index (χ0n) is 13.8. The minimum atomic E-state index is -0.783. The topological polar surface area (TPSA) is 61.9 Å². The summed E-state index contributed by atoms with van der Waals surface area (Å²) in [5.74, 6) is -1.77. The lowest BCUT2D eigenvalue weighted by molar-refractivity contribution is 0.0665. The summed E-state index contributed by atoms with van der Waals surface area (Å²) >= 11 is 0. The molecule has 7 heteroatoms. The number of rotatable bonds is 1. The van der Waals surface area contributed by atoms with Crippen molar-refractivity contribution in [3.8, 4) is 0 Å². The van der Waals surface area contributed by atoms with Crippen molar-refractivity contribution in [2.45, 2.75) is 26.3 Å². The predicted molar refractivity (Wildman–Crippen MR) is 88.1 cm³/mol. The summed E-state index contributed by atoms with van der Waals surface area (Å²) in [4.78, 5) is 25.8.